The van der Waals surface area contributed by atoms with E-state index in [1.54, 1.807) is 10.9 Å². The van der Waals surface area contributed by atoms with Crippen LogP contribution in [0.1, 0.15) is 16.7 Å². The number of rotatable bonds is 4. The number of nitriles is 1. The summed E-state index contributed by atoms with van der Waals surface area (Å²) in [4.78, 5) is 4.45. The first kappa shape index (κ1) is 19.4. The molecule has 0 saturated carbocycles. The molecule has 0 amide bonds. The molecule has 0 aliphatic carbocycles. The summed E-state index contributed by atoms with van der Waals surface area (Å²) >= 11 is 0. The van der Waals surface area contributed by atoms with Crippen molar-refractivity contribution >= 4 is 18.2 Å². The number of hydrogen-bond donors (Lipinski definition) is 2. The number of halogens is 1. The first-order valence-corrected chi connectivity index (χ1v) is 8.03. The van der Waals surface area contributed by atoms with Gasteiger partial charge in [-0.3, -0.25) is 4.68 Å². The second-order valence-corrected chi connectivity index (χ2v) is 5.97. The molecule has 0 fully saturated rings. The lowest BCUT2D eigenvalue weighted by Crippen LogP contribution is -2.04. The number of hydrogen-bond acceptors (Lipinski definition) is 5. The van der Waals surface area contributed by atoms with Gasteiger partial charge in [-0.15, -0.1) is 12.4 Å². The van der Waals surface area contributed by atoms with Gasteiger partial charge in [0.15, 0.2) is 0 Å². The minimum Gasteiger partial charge on any atom is -0.383 e. The van der Waals surface area contributed by atoms with E-state index in [9.17, 15) is 5.26 Å². The van der Waals surface area contributed by atoms with Crippen LogP contribution in [0.2, 0.25) is 0 Å². The summed E-state index contributed by atoms with van der Waals surface area (Å²) in [5.74, 6) is 0.230. The van der Waals surface area contributed by atoms with Gasteiger partial charge in [-0.2, -0.15) is 10.4 Å². The average Bonchev–Trinajstić information content (AvgIpc) is 3.03. The summed E-state index contributed by atoms with van der Waals surface area (Å²) in [7, 11) is 1.85. The van der Waals surface area contributed by atoms with E-state index in [4.69, 9.17) is 11.5 Å². The van der Waals surface area contributed by atoms with Crippen LogP contribution >= 0.6 is 12.4 Å². The van der Waals surface area contributed by atoms with Gasteiger partial charge in [-0.25, -0.2) is 4.98 Å². The zero-order valence-corrected chi connectivity index (χ0v) is 15.5. The maximum absolute atomic E-state index is 9.59. The highest BCUT2D eigenvalue weighted by molar-refractivity contribution is 5.85. The standard InChI is InChI=1S/C19H20N6.ClH/c1-12-17(14-5-3-13(4-6-14)7-8-20)16(9-21)19(22)24-18(12)15-10-23-25(2)11-15;/h3-6,10-11H,7-8,20H2,1-2H3,(H2,22,24);1H. The van der Waals surface area contributed by atoms with E-state index in [0.717, 1.165) is 39.9 Å². The van der Waals surface area contributed by atoms with Crippen LogP contribution < -0.4 is 11.5 Å². The van der Waals surface area contributed by atoms with Gasteiger partial charge in [0.05, 0.1) is 11.9 Å². The highest BCUT2D eigenvalue weighted by atomic mass is 35.5. The molecule has 0 unspecified atom stereocenters. The predicted octanol–water partition coefficient (Wildman–Crippen LogP) is 2.83. The SMILES string of the molecule is Cc1c(-c2cnn(C)c2)nc(N)c(C#N)c1-c1ccc(CCN)cc1.Cl. The van der Waals surface area contributed by atoms with Crippen LogP contribution in [-0.2, 0) is 13.5 Å². The first-order chi connectivity index (χ1) is 12.0. The zero-order valence-electron chi connectivity index (χ0n) is 14.7. The van der Waals surface area contributed by atoms with E-state index in [1.165, 1.54) is 0 Å². The van der Waals surface area contributed by atoms with Crippen LogP contribution in [-0.4, -0.2) is 21.3 Å². The van der Waals surface area contributed by atoms with Crippen molar-refractivity contribution in [1.29, 1.82) is 5.26 Å². The molecule has 0 spiro atoms. The molecule has 134 valence electrons. The van der Waals surface area contributed by atoms with E-state index in [2.05, 4.69) is 16.2 Å². The predicted molar refractivity (Wildman–Crippen MR) is 106 cm³/mol. The molecule has 7 heteroatoms. The maximum atomic E-state index is 9.59. The molecule has 2 heterocycles. The molecule has 1 aromatic carbocycles. The summed E-state index contributed by atoms with van der Waals surface area (Å²) in [6, 6.07) is 10.3. The monoisotopic (exact) mass is 368 g/mol. The Kier molecular flexibility index (Phi) is 5.98. The fourth-order valence-electron chi connectivity index (χ4n) is 3.00. The molecule has 3 rings (SSSR count). The maximum Gasteiger partial charge on any atom is 0.142 e. The van der Waals surface area contributed by atoms with Crippen molar-refractivity contribution in [2.45, 2.75) is 13.3 Å². The van der Waals surface area contributed by atoms with Gasteiger partial charge >= 0.3 is 0 Å². The lowest BCUT2D eigenvalue weighted by molar-refractivity contribution is 0.768. The van der Waals surface area contributed by atoms with Crippen molar-refractivity contribution in [3.05, 3.63) is 53.3 Å². The molecule has 26 heavy (non-hydrogen) atoms. The lowest BCUT2D eigenvalue weighted by Gasteiger charge is -2.14. The molecule has 0 saturated heterocycles. The molecule has 0 atom stereocenters. The van der Waals surface area contributed by atoms with Gasteiger partial charge in [-0.05, 0) is 36.6 Å². The number of benzene rings is 1. The lowest BCUT2D eigenvalue weighted by atomic mass is 9.93. The van der Waals surface area contributed by atoms with E-state index < -0.39 is 0 Å². The Balaban J connectivity index is 0.00000243. The van der Waals surface area contributed by atoms with Crippen molar-refractivity contribution in [2.75, 3.05) is 12.3 Å². The zero-order chi connectivity index (χ0) is 18.0. The number of aryl methyl sites for hydroxylation is 1. The van der Waals surface area contributed by atoms with Crippen molar-refractivity contribution < 1.29 is 0 Å². The van der Waals surface area contributed by atoms with Crippen molar-refractivity contribution in [1.82, 2.24) is 14.8 Å². The molecule has 0 radical (unpaired) electrons. The number of nitrogens with two attached hydrogens (primary N) is 2. The normalized spacial score (nSPS) is 10.2. The van der Waals surface area contributed by atoms with Gasteiger partial charge in [0.2, 0.25) is 0 Å². The van der Waals surface area contributed by atoms with Gasteiger partial charge < -0.3 is 11.5 Å². The largest absolute Gasteiger partial charge is 0.383 e. The van der Waals surface area contributed by atoms with Crippen molar-refractivity contribution in [2.24, 2.45) is 12.8 Å². The molecule has 4 N–H and O–H groups in total. The fraction of sp³-hybridized carbons (Fsp3) is 0.211. The highest BCUT2D eigenvalue weighted by Crippen LogP contribution is 2.35. The van der Waals surface area contributed by atoms with Crippen LogP contribution in [0.25, 0.3) is 22.4 Å². The summed E-state index contributed by atoms with van der Waals surface area (Å²) in [6.07, 6.45) is 4.45. The van der Waals surface area contributed by atoms with E-state index in [0.29, 0.717) is 12.1 Å². The molecule has 6 nitrogen and oxygen atoms in total. The Morgan fingerprint density at radius 2 is 1.88 bits per heavy atom. The fourth-order valence-corrected chi connectivity index (χ4v) is 3.00. The molecular formula is C19H21ClN6. The van der Waals surface area contributed by atoms with Crippen LogP contribution in [0.4, 0.5) is 5.82 Å². The number of pyridine rings is 1. The second kappa shape index (κ2) is 8.00. The Morgan fingerprint density at radius 3 is 2.42 bits per heavy atom. The Hall–Kier alpha value is -2.88. The molecule has 0 bridgehead atoms. The van der Waals surface area contributed by atoms with E-state index in [1.807, 2.05) is 44.4 Å². The van der Waals surface area contributed by atoms with Gasteiger partial charge in [0.25, 0.3) is 0 Å². The minimum atomic E-state index is 0. The smallest absolute Gasteiger partial charge is 0.142 e. The minimum absolute atomic E-state index is 0. The van der Waals surface area contributed by atoms with Crippen LogP contribution in [0.15, 0.2) is 36.7 Å². The number of nitrogen functional groups attached to an aromatic ring is 1. The first-order valence-electron chi connectivity index (χ1n) is 8.03. The van der Waals surface area contributed by atoms with E-state index >= 15 is 0 Å². The molecule has 0 aliphatic heterocycles. The van der Waals surface area contributed by atoms with Gasteiger partial charge in [-0.1, -0.05) is 24.3 Å². The van der Waals surface area contributed by atoms with Gasteiger partial charge in [0, 0.05) is 24.4 Å². The summed E-state index contributed by atoms with van der Waals surface area (Å²) < 4.78 is 1.71. The van der Waals surface area contributed by atoms with Gasteiger partial charge in [0.1, 0.15) is 17.5 Å². The molecule has 3 aromatic rings. The number of nitrogens with zero attached hydrogens (tertiary/aromatic N) is 4. The summed E-state index contributed by atoms with van der Waals surface area (Å²) in [5.41, 5.74) is 17.5. The Labute approximate surface area is 158 Å². The Morgan fingerprint density at radius 1 is 1.19 bits per heavy atom. The third kappa shape index (κ3) is 3.54. The number of anilines is 1. The van der Waals surface area contributed by atoms with Crippen LogP contribution in [0.5, 0.6) is 0 Å². The third-order valence-corrected chi connectivity index (χ3v) is 4.23. The topological polar surface area (TPSA) is 107 Å². The van der Waals surface area contributed by atoms with Crippen molar-refractivity contribution in [3.63, 3.8) is 0 Å². The van der Waals surface area contributed by atoms with E-state index in [-0.39, 0.29) is 18.2 Å². The van der Waals surface area contributed by atoms with Crippen LogP contribution in [0.3, 0.4) is 0 Å². The highest BCUT2D eigenvalue weighted by Gasteiger charge is 2.18. The van der Waals surface area contributed by atoms with Crippen molar-refractivity contribution in [3.8, 4) is 28.5 Å². The molecule has 2 aromatic heterocycles. The Bertz CT molecular complexity index is 953. The quantitative estimate of drug-likeness (QED) is 0.736. The molecule has 0 aliphatic rings. The average molecular weight is 369 g/mol. The number of aromatic nitrogens is 3. The summed E-state index contributed by atoms with van der Waals surface area (Å²) in [6.45, 7) is 2.56. The molecular weight excluding hydrogens is 348 g/mol. The van der Waals surface area contributed by atoms with Crippen LogP contribution in [0, 0.1) is 18.3 Å². The second-order valence-electron chi connectivity index (χ2n) is 5.97. The third-order valence-electron chi connectivity index (χ3n) is 4.23. The summed E-state index contributed by atoms with van der Waals surface area (Å²) in [5, 5.41) is 13.8.